The van der Waals surface area contributed by atoms with E-state index < -0.39 is 11.7 Å². The van der Waals surface area contributed by atoms with Gasteiger partial charge in [0, 0.05) is 41.8 Å². The van der Waals surface area contributed by atoms with Crippen LogP contribution in [0.25, 0.3) is 11.0 Å². The summed E-state index contributed by atoms with van der Waals surface area (Å²) < 4.78 is 41.2. The Morgan fingerprint density at radius 2 is 1.97 bits per heavy atom. The molecule has 1 aliphatic rings. The molecule has 0 radical (unpaired) electrons. The molecule has 29 heavy (non-hydrogen) atoms. The summed E-state index contributed by atoms with van der Waals surface area (Å²) in [5, 5.41) is 10.4. The number of aromatic nitrogens is 2. The lowest BCUT2D eigenvalue weighted by molar-refractivity contribution is -0.137. The van der Waals surface area contributed by atoms with E-state index >= 15 is 0 Å². The largest absolute Gasteiger partial charge is 0.416 e. The number of H-pyrrole nitrogens is 1. The van der Waals surface area contributed by atoms with Crippen molar-refractivity contribution in [1.29, 1.82) is 5.26 Å². The number of nitrogens with zero attached hydrogens (tertiary/aromatic N) is 3. The summed E-state index contributed by atoms with van der Waals surface area (Å²) in [6.07, 6.45) is 0.830. The maximum Gasteiger partial charge on any atom is 0.416 e. The highest BCUT2D eigenvalue weighted by atomic mass is 32.2. The van der Waals surface area contributed by atoms with Crippen LogP contribution < -0.4 is 9.62 Å². The Labute approximate surface area is 170 Å². The van der Waals surface area contributed by atoms with Gasteiger partial charge in [0.25, 0.3) is 0 Å². The zero-order chi connectivity index (χ0) is 20.6. The third-order valence-electron chi connectivity index (χ3n) is 5.22. The van der Waals surface area contributed by atoms with Gasteiger partial charge >= 0.3 is 6.18 Å². The molecule has 1 saturated carbocycles. The zero-order valence-electron chi connectivity index (χ0n) is 15.5. The highest BCUT2D eigenvalue weighted by molar-refractivity contribution is 7.97. The third kappa shape index (κ3) is 3.91. The number of halogens is 3. The number of fused-ring (bicyclic) bond motifs is 1. The second kappa shape index (κ2) is 7.61. The normalized spacial score (nSPS) is 19.0. The molecule has 0 bridgehead atoms. The van der Waals surface area contributed by atoms with Gasteiger partial charge in [0.1, 0.15) is 11.7 Å². The van der Waals surface area contributed by atoms with Gasteiger partial charge in [-0.1, -0.05) is 0 Å². The Hall–Kier alpha value is -2.70. The van der Waals surface area contributed by atoms with Crippen molar-refractivity contribution in [3.8, 4) is 6.07 Å². The van der Waals surface area contributed by atoms with E-state index in [1.807, 2.05) is 19.3 Å². The van der Waals surface area contributed by atoms with Gasteiger partial charge in [-0.2, -0.15) is 18.4 Å². The van der Waals surface area contributed by atoms with Crippen LogP contribution in [0.4, 0.5) is 18.9 Å². The van der Waals surface area contributed by atoms with E-state index in [0.717, 1.165) is 46.6 Å². The molecule has 0 aliphatic heterocycles. The predicted molar refractivity (Wildman–Crippen MR) is 106 cm³/mol. The number of rotatable bonds is 5. The molecule has 0 atom stereocenters. The van der Waals surface area contributed by atoms with Gasteiger partial charge in [0.15, 0.2) is 0 Å². The highest BCUT2D eigenvalue weighted by Crippen LogP contribution is 2.36. The Balaban J connectivity index is 1.36. The predicted octanol–water partition coefficient (Wildman–Crippen LogP) is 4.72. The van der Waals surface area contributed by atoms with Crippen molar-refractivity contribution in [3.63, 3.8) is 0 Å². The lowest BCUT2D eigenvalue weighted by Gasteiger charge is -2.42. The van der Waals surface area contributed by atoms with Gasteiger partial charge in [-0.05, 0) is 55.1 Å². The molecule has 2 aromatic heterocycles. The lowest BCUT2D eigenvalue weighted by Crippen LogP contribution is -2.50. The smallest absolute Gasteiger partial charge is 0.370 e. The Morgan fingerprint density at radius 1 is 1.24 bits per heavy atom. The summed E-state index contributed by atoms with van der Waals surface area (Å²) in [6.45, 7) is 0. The minimum Gasteiger partial charge on any atom is -0.370 e. The number of pyridine rings is 1. The Morgan fingerprint density at radius 3 is 2.62 bits per heavy atom. The van der Waals surface area contributed by atoms with Crippen molar-refractivity contribution < 1.29 is 13.2 Å². The van der Waals surface area contributed by atoms with Crippen LogP contribution in [0.2, 0.25) is 0 Å². The van der Waals surface area contributed by atoms with Gasteiger partial charge < -0.3 is 9.88 Å². The van der Waals surface area contributed by atoms with Gasteiger partial charge in [0.05, 0.1) is 16.8 Å². The highest BCUT2D eigenvalue weighted by Gasteiger charge is 2.34. The average Bonchev–Trinajstić information content (AvgIpc) is 3.14. The molecule has 0 amide bonds. The number of nitrogens with one attached hydrogen (secondary N) is 2. The number of hydrogen-bond donors (Lipinski definition) is 2. The first-order valence-electron chi connectivity index (χ1n) is 9.05. The first-order valence-corrected chi connectivity index (χ1v) is 9.87. The van der Waals surface area contributed by atoms with E-state index in [1.54, 1.807) is 6.20 Å². The number of aromatic amines is 1. The molecule has 5 nitrogen and oxygen atoms in total. The summed E-state index contributed by atoms with van der Waals surface area (Å²) >= 11 is 1.34. The second-order valence-electron chi connectivity index (χ2n) is 7.05. The van der Waals surface area contributed by atoms with Crippen LogP contribution in [0.5, 0.6) is 0 Å². The van der Waals surface area contributed by atoms with Gasteiger partial charge in [-0.15, -0.1) is 0 Å². The van der Waals surface area contributed by atoms with E-state index in [2.05, 4.69) is 25.7 Å². The molecule has 1 aliphatic carbocycles. The van der Waals surface area contributed by atoms with E-state index in [9.17, 15) is 18.4 Å². The maximum atomic E-state index is 12.6. The zero-order valence-corrected chi connectivity index (χ0v) is 16.3. The fraction of sp³-hybridized carbons (Fsp3) is 0.300. The lowest BCUT2D eigenvalue weighted by atomic mass is 9.86. The number of benzene rings is 1. The Kier molecular flexibility index (Phi) is 5.15. The van der Waals surface area contributed by atoms with Gasteiger partial charge in [0.2, 0.25) is 0 Å². The number of alkyl halides is 3. The fourth-order valence-corrected chi connectivity index (χ4v) is 4.27. The molecule has 0 spiro atoms. The molecule has 2 N–H and O–H groups in total. The van der Waals surface area contributed by atoms with E-state index in [-0.39, 0.29) is 12.1 Å². The second-order valence-corrected chi connectivity index (χ2v) is 7.96. The summed E-state index contributed by atoms with van der Waals surface area (Å²) in [5.41, 5.74) is 1.51. The molecule has 1 aromatic carbocycles. The van der Waals surface area contributed by atoms with Crippen LogP contribution in [0.3, 0.4) is 0 Å². The molecule has 4 rings (SSSR count). The first kappa shape index (κ1) is 19.6. The number of anilines is 1. The standard InChI is InChI=1S/C20H18F3N5S/c1-28(18-12(10-24)11-26-19-17(18)6-7-25-19)15-8-14(9-15)27-29-16-4-2-13(3-5-16)20(21,22)23/h2-7,11,14-15,27H,8-9H2,1H3,(H,25,26)/t14-,15+. The number of nitriles is 1. The summed E-state index contributed by atoms with van der Waals surface area (Å²) in [7, 11) is 1.98. The first-order chi connectivity index (χ1) is 13.9. The SMILES string of the molecule is CN(c1c(C#N)cnc2[nH]ccc12)[C@H]1C[C@@H](NSc2ccc(C(F)(F)F)cc2)C1. The molecule has 9 heteroatoms. The molecule has 0 saturated heterocycles. The van der Waals surface area contributed by atoms with E-state index in [1.165, 1.54) is 24.1 Å². The summed E-state index contributed by atoms with van der Waals surface area (Å²) in [5.74, 6) is 0. The number of hydrogen-bond acceptors (Lipinski definition) is 5. The molecule has 150 valence electrons. The quantitative estimate of drug-likeness (QED) is 0.588. The van der Waals surface area contributed by atoms with E-state index in [4.69, 9.17) is 0 Å². The molecule has 3 aromatic rings. The van der Waals surface area contributed by atoms with Crippen LogP contribution in [-0.4, -0.2) is 29.1 Å². The maximum absolute atomic E-state index is 12.6. The van der Waals surface area contributed by atoms with Crippen LogP contribution in [0.1, 0.15) is 24.0 Å². The van der Waals surface area contributed by atoms with Crippen molar-refractivity contribution in [2.24, 2.45) is 0 Å². The molecule has 1 fully saturated rings. The van der Waals surface area contributed by atoms with Crippen LogP contribution in [0.15, 0.2) is 47.6 Å². The van der Waals surface area contributed by atoms with Gasteiger partial charge in [-0.3, -0.25) is 4.72 Å². The minimum absolute atomic E-state index is 0.254. The minimum atomic E-state index is -4.32. The summed E-state index contributed by atoms with van der Waals surface area (Å²) in [4.78, 5) is 10.2. The van der Waals surface area contributed by atoms with E-state index in [0.29, 0.717) is 5.56 Å². The molecular formula is C20H18F3N5S. The average molecular weight is 417 g/mol. The van der Waals surface area contributed by atoms with Crippen molar-refractivity contribution in [2.75, 3.05) is 11.9 Å². The summed E-state index contributed by atoms with van der Waals surface area (Å²) in [6, 6.07) is 9.80. The molecular weight excluding hydrogens is 399 g/mol. The van der Waals surface area contributed by atoms with Crippen molar-refractivity contribution >= 4 is 28.7 Å². The third-order valence-corrected chi connectivity index (χ3v) is 6.18. The van der Waals surface area contributed by atoms with Crippen LogP contribution >= 0.6 is 11.9 Å². The van der Waals surface area contributed by atoms with Crippen LogP contribution in [-0.2, 0) is 6.18 Å². The molecule has 2 heterocycles. The monoisotopic (exact) mass is 417 g/mol. The van der Waals surface area contributed by atoms with Gasteiger partial charge in [-0.25, -0.2) is 4.98 Å². The van der Waals surface area contributed by atoms with Crippen LogP contribution in [0, 0.1) is 11.3 Å². The van der Waals surface area contributed by atoms with Crippen molar-refractivity contribution in [1.82, 2.24) is 14.7 Å². The fourth-order valence-electron chi connectivity index (χ4n) is 3.50. The van der Waals surface area contributed by atoms with Crippen molar-refractivity contribution in [2.45, 2.75) is 36.0 Å². The van der Waals surface area contributed by atoms with Crippen molar-refractivity contribution in [3.05, 3.63) is 53.9 Å². The molecule has 0 unspecified atom stereocenters. The topological polar surface area (TPSA) is 67.7 Å². The Bertz CT molecular complexity index is 1050.